The molecule has 0 radical (unpaired) electrons. The van der Waals surface area contributed by atoms with Gasteiger partial charge >= 0.3 is 7.60 Å². The summed E-state index contributed by atoms with van der Waals surface area (Å²) in [7, 11) is -3.46. The Morgan fingerprint density at radius 1 is 1.43 bits per heavy atom. The van der Waals surface area contributed by atoms with E-state index in [0.717, 1.165) is 0 Å². The summed E-state index contributed by atoms with van der Waals surface area (Å²) in [5, 5.41) is 8.51. The third kappa shape index (κ3) is 5.54. The van der Waals surface area contributed by atoms with Crippen LogP contribution in [-0.2, 0) is 13.6 Å². The van der Waals surface area contributed by atoms with Gasteiger partial charge in [0.25, 0.3) is 0 Å². The van der Waals surface area contributed by atoms with Gasteiger partial charge in [0.2, 0.25) is 4.58 Å². The molecular weight excluding hydrogens is 250 g/mol. The van der Waals surface area contributed by atoms with Gasteiger partial charge in [0.15, 0.2) is 0 Å². The monoisotopic (exact) mass is 264 g/mol. The Hall–Kier alpha value is 0.690. The lowest BCUT2D eigenvalue weighted by Gasteiger charge is -2.21. The zero-order valence-corrected chi connectivity index (χ0v) is 10.6. The topological polar surface area (TPSA) is 55.8 Å². The van der Waals surface area contributed by atoms with Crippen molar-refractivity contribution in [2.45, 2.75) is 30.9 Å². The molecule has 0 aromatic heterocycles. The summed E-state index contributed by atoms with van der Waals surface area (Å²) in [6.07, 6.45) is 0.0846. The minimum Gasteiger partial charge on any atom is -0.396 e. The van der Waals surface area contributed by atoms with Crippen LogP contribution in [0.25, 0.3) is 0 Å². The Balaban J connectivity index is 4.18. The molecule has 0 aliphatic heterocycles. The summed E-state index contributed by atoms with van der Waals surface area (Å²) in [6.45, 7) is 3.48. The van der Waals surface area contributed by atoms with Crippen molar-refractivity contribution in [1.29, 1.82) is 0 Å². The maximum absolute atomic E-state index is 11.8. The standard InChI is InChI=1S/C7H15Cl2O4P/c1-6(2)13-14(11,7(8)9)12-5-3-4-10/h6-7,10H,3-5H2,1-2H3/t14-/m0/s1. The van der Waals surface area contributed by atoms with Crippen molar-refractivity contribution in [2.24, 2.45) is 0 Å². The Kier molecular flexibility index (Phi) is 7.39. The van der Waals surface area contributed by atoms with Gasteiger partial charge in [0.1, 0.15) is 0 Å². The fraction of sp³-hybridized carbons (Fsp3) is 1.00. The van der Waals surface area contributed by atoms with Gasteiger partial charge in [-0.25, -0.2) is 0 Å². The lowest BCUT2D eigenvalue weighted by molar-refractivity contribution is 0.159. The summed E-state index contributed by atoms with van der Waals surface area (Å²) in [5.41, 5.74) is 0. The minimum atomic E-state index is -3.46. The minimum absolute atomic E-state index is 0.0447. The van der Waals surface area contributed by atoms with E-state index < -0.39 is 12.2 Å². The van der Waals surface area contributed by atoms with Crippen LogP contribution in [0.3, 0.4) is 0 Å². The van der Waals surface area contributed by atoms with Gasteiger partial charge in [-0.3, -0.25) is 4.57 Å². The third-order valence-electron chi connectivity index (χ3n) is 1.17. The molecule has 1 N–H and O–H groups in total. The summed E-state index contributed by atoms with van der Waals surface area (Å²) in [6, 6.07) is 0. The van der Waals surface area contributed by atoms with E-state index in [9.17, 15) is 4.57 Å². The Morgan fingerprint density at radius 2 is 2.00 bits per heavy atom. The van der Waals surface area contributed by atoms with Crippen molar-refractivity contribution >= 4 is 30.8 Å². The molecule has 1 atom stereocenters. The van der Waals surface area contributed by atoms with Crippen molar-refractivity contribution < 1.29 is 18.7 Å². The van der Waals surface area contributed by atoms with E-state index in [4.69, 9.17) is 37.4 Å². The Bertz CT molecular complexity index is 198. The third-order valence-corrected chi connectivity index (χ3v) is 4.34. The molecule has 14 heavy (non-hydrogen) atoms. The molecule has 0 bridgehead atoms. The van der Waals surface area contributed by atoms with Gasteiger partial charge in [-0.2, -0.15) is 0 Å². The second kappa shape index (κ2) is 7.04. The predicted octanol–water partition coefficient (Wildman–Crippen LogP) is 2.76. The number of aliphatic hydroxyl groups is 1. The van der Waals surface area contributed by atoms with Crippen LogP contribution in [0, 0.1) is 0 Å². The highest BCUT2D eigenvalue weighted by Crippen LogP contribution is 2.57. The zero-order valence-electron chi connectivity index (χ0n) is 8.15. The van der Waals surface area contributed by atoms with Gasteiger partial charge in [0.05, 0.1) is 12.7 Å². The van der Waals surface area contributed by atoms with Crippen LogP contribution in [-0.4, -0.2) is 29.0 Å². The van der Waals surface area contributed by atoms with E-state index in [-0.39, 0.29) is 19.3 Å². The number of hydrogen-bond acceptors (Lipinski definition) is 4. The summed E-state index contributed by atoms with van der Waals surface area (Å²) in [4.78, 5) is 0. The van der Waals surface area contributed by atoms with E-state index in [1.165, 1.54) is 0 Å². The van der Waals surface area contributed by atoms with Crippen LogP contribution in [0.5, 0.6) is 0 Å². The highest BCUT2D eigenvalue weighted by molar-refractivity contribution is 7.58. The maximum atomic E-state index is 11.8. The normalized spacial score (nSPS) is 16.2. The molecule has 0 unspecified atom stereocenters. The van der Waals surface area contributed by atoms with Crippen LogP contribution in [0.1, 0.15) is 20.3 Å². The van der Waals surface area contributed by atoms with E-state index in [1.54, 1.807) is 13.8 Å². The van der Waals surface area contributed by atoms with Crippen molar-refractivity contribution in [3.8, 4) is 0 Å². The molecule has 4 nitrogen and oxygen atoms in total. The molecule has 0 spiro atoms. The molecule has 0 aliphatic rings. The maximum Gasteiger partial charge on any atom is 0.363 e. The molecule has 0 aromatic rings. The fourth-order valence-corrected chi connectivity index (χ4v) is 2.53. The average molecular weight is 265 g/mol. The highest BCUT2D eigenvalue weighted by atomic mass is 35.5. The van der Waals surface area contributed by atoms with Gasteiger partial charge in [0, 0.05) is 6.61 Å². The quantitative estimate of drug-likeness (QED) is 0.437. The first-order valence-corrected chi connectivity index (χ1v) is 6.72. The number of alkyl halides is 2. The molecule has 7 heteroatoms. The SMILES string of the molecule is CC(C)O[P@@](=O)(OCCCO)C(Cl)Cl. The summed E-state index contributed by atoms with van der Waals surface area (Å²) >= 11 is 11.0. The van der Waals surface area contributed by atoms with Gasteiger partial charge in [-0.1, -0.05) is 23.2 Å². The molecule has 0 fully saturated rings. The van der Waals surface area contributed by atoms with Crippen LogP contribution in [0.2, 0.25) is 0 Å². The summed E-state index contributed by atoms with van der Waals surface area (Å²) in [5.74, 6) is 0. The molecular formula is C7H15Cl2O4P. The first-order chi connectivity index (χ1) is 6.42. The highest BCUT2D eigenvalue weighted by Gasteiger charge is 2.34. The molecule has 0 aromatic carbocycles. The molecule has 0 rings (SSSR count). The first-order valence-electron chi connectivity index (χ1n) is 4.24. The second-order valence-corrected chi connectivity index (χ2v) is 6.65. The molecule has 0 saturated carbocycles. The number of rotatable bonds is 7. The van der Waals surface area contributed by atoms with E-state index >= 15 is 0 Å². The Morgan fingerprint density at radius 3 is 2.36 bits per heavy atom. The number of aliphatic hydroxyl groups excluding tert-OH is 1. The molecule has 0 amide bonds. The van der Waals surface area contributed by atoms with Crippen molar-refractivity contribution in [3.63, 3.8) is 0 Å². The molecule has 0 heterocycles. The van der Waals surface area contributed by atoms with Gasteiger partial charge in [-0.15, -0.1) is 0 Å². The molecule has 0 saturated heterocycles. The molecule has 0 aliphatic carbocycles. The second-order valence-electron chi connectivity index (χ2n) is 2.88. The van der Waals surface area contributed by atoms with E-state index in [0.29, 0.717) is 6.42 Å². The van der Waals surface area contributed by atoms with Crippen LogP contribution in [0.15, 0.2) is 0 Å². The van der Waals surface area contributed by atoms with Gasteiger partial charge < -0.3 is 14.2 Å². The van der Waals surface area contributed by atoms with Crippen LogP contribution < -0.4 is 0 Å². The summed E-state index contributed by atoms with van der Waals surface area (Å²) < 4.78 is 20.6. The number of halogens is 2. The molecule has 86 valence electrons. The van der Waals surface area contributed by atoms with Crippen molar-refractivity contribution in [1.82, 2.24) is 0 Å². The van der Waals surface area contributed by atoms with E-state index in [2.05, 4.69) is 0 Å². The number of hydrogen-bond donors (Lipinski definition) is 1. The lowest BCUT2D eigenvalue weighted by atomic mass is 10.5. The van der Waals surface area contributed by atoms with Gasteiger partial charge in [-0.05, 0) is 20.3 Å². The Labute approximate surface area is 94.0 Å². The fourth-order valence-electron chi connectivity index (χ4n) is 0.683. The van der Waals surface area contributed by atoms with E-state index in [1.807, 2.05) is 0 Å². The predicted molar refractivity (Wildman–Crippen MR) is 57.0 cm³/mol. The van der Waals surface area contributed by atoms with Crippen molar-refractivity contribution in [2.75, 3.05) is 13.2 Å². The average Bonchev–Trinajstić information content (AvgIpc) is 2.03. The van der Waals surface area contributed by atoms with Crippen molar-refractivity contribution in [3.05, 3.63) is 0 Å². The lowest BCUT2D eigenvalue weighted by Crippen LogP contribution is -2.09. The van der Waals surface area contributed by atoms with Crippen LogP contribution in [0.4, 0.5) is 0 Å². The zero-order chi connectivity index (χ0) is 11.2. The van der Waals surface area contributed by atoms with Crippen LogP contribution >= 0.6 is 30.8 Å². The largest absolute Gasteiger partial charge is 0.396 e. The first kappa shape index (κ1) is 14.7. The smallest absolute Gasteiger partial charge is 0.363 e.